The van der Waals surface area contributed by atoms with E-state index >= 15 is 0 Å². The Morgan fingerprint density at radius 3 is 2.58 bits per heavy atom. The summed E-state index contributed by atoms with van der Waals surface area (Å²) in [5.41, 5.74) is 3.45. The van der Waals surface area contributed by atoms with Crippen LogP contribution in [0, 0.1) is 0 Å². The molecule has 124 valence electrons. The van der Waals surface area contributed by atoms with Crippen molar-refractivity contribution in [1.82, 2.24) is 10.4 Å². The van der Waals surface area contributed by atoms with Crippen molar-refractivity contribution < 1.29 is 19.5 Å². The second-order valence-corrected chi connectivity index (χ2v) is 5.52. The fourth-order valence-electron chi connectivity index (χ4n) is 2.72. The molecule has 24 heavy (non-hydrogen) atoms. The maximum Gasteiger partial charge on any atom is 0.274 e. The first-order valence-electron chi connectivity index (χ1n) is 7.73. The minimum absolute atomic E-state index is 0.0353. The van der Waals surface area contributed by atoms with Gasteiger partial charge in [-0.3, -0.25) is 14.8 Å². The third-order valence-electron chi connectivity index (χ3n) is 4.00. The second-order valence-electron chi connectivity index (χ2n) is 5.52. The van der Waals surface area contributed by atoms with Crippen LogP contribution in [0.25, 0.3) is 0 Å². The third-order valence-corrected chi connectivity index (χ3v) is 4.00. The van der Waals surface area contributed by atoms with Gasteiger partial charge in [0.2, 0.25) is 0 Å². The molecular weight excluding hydrogens is 308 g/mol. The van der Waals surface area contributed by atoms with Crippen molar-refractivity contribution in [1.29, 1.82) is 0 Å². The molecule has 2 aromatic rings. The average Bonchev–Trinajstić information content (AvgIpc) is 2.62. The van der Waals surface area contributed by atoms with Gasteiger partial charge in [0.05, 0.1) is 6.54 Å². The Bertz CT molecular complexity index is 746. The molecule has 3 rings (SSSR count). The largest absolute Gasteiger partial charge is 0.491 e. The number of amides is 2. The molecule has 2 aromatic carbocycles. The molecule has 0 atom stereocenters. The maximum absolute atomic E-state index is 12.6. The number of carbonyl (C=O) groups excluding carboxylic acids is 2. The van der Waals surface area contributed by atoms with Crippen LogP contribution >= 0.6 is 0 Å². The summed E-state index contributed by atoms with van der Waals surface area (Å²) in [4.78, 5) is 25.9. The van der Waals surface area contributed by atoms with Crippen molar-refractivity contribution in [2.45, 2.75) is 6.42 Å². The lowest BCUT2D eigenvalue weighted by atomic mass is 10.0. The highest BCUT2D eigenvalue weighted by Gasteiger charge is 2.19. The number of fused-ring (bicyclic) bond motifs is 1. The van der Waals surface area contributed by atoms with Crippen molar-refractivity contribution in [3.05, 3.63) is 65.2 Å². The highest BCUT2D eigenvalue weighted by Crippen LogP contribution is 2.23. The van der Waals surface area contributed by atoms with Crippen molar-refractivity contribution in [3.63, 3.8) is 0 Å². The van der Waals surface area contributed by atoms with Gasteiger partial charge >= 0.3 is 0 Å². The Morgan fingerprint density at radius 1 is 1.04 bits per heavy atom. The van der Waals surface area contributed by atoms with Crippen LogP contribution in [0.3, 0.4) is 0 Å². The van der Waals surface area contributed by atoms with E-state index in [-0.39, 0.29) is 5.91 Å². The Kier molecular flexibility index (Phi) is 4.77. The maximum atomic E-state index is 12.6. The van der Waals surface area contributed by atoms with Gasteiger partial charge in [-0.2, -0.15) is 0 Å². The molecule has 0 unspecified atom stereocenters. The predicted octanol–water partition coefficient (Wildman–Crippen LogP) is 1.88. The van der Waals surface area contributed by atoms with Gasteiger partial charge in [0.25, 0.3) is 11.8 Å². The minimum Gasteiger partial charge on any atom is -0.491 e. The number of nitrogens with one attached hydrogen (secondary N) is 1. The van der Waals surface area contributed by atoms with Crippen molar-refractivity contribution in [2.24, 2.45) is 0 Å². The Balaban J connectivity index is 1.78. The lowest BCUT2D eigenvalue weighted by molar-refractivity contribution is 0.0701. The molecule has 1 heterocycles. The summed E-state index contributed by atoms with van der Waals surface area (Å²) >= 11 is 0. The van der Waals surface area contributed by atoms with Gasteiger partial charge in [0.1, 0.15) is 12.4 Å². The van der Waals surface area contributed by atoms with Gasteiger partial charge in [-0.15, -0.1) is 0 Å². The molecule has 1 aliphatic rings. The zero-order chi connectivity index (χ0) is 16.9. The summed E-state index contributed by atoms with van der Waals surface area (Å²) in [7, 11) is 0. The third kappa shape index (κ3) is 3.38. The molecular formula is C18H18N2O4. The van der Waals surface area contributed by atoms with Crippen LogP contribution in [0.1, 0.15) is 26.3 Å². The van der Waals surface area contributed by atoms with Crippen LogP contribution in [0.2, 0.25) is 0 Å². The van der Waals surface area contributed by atoms with Crippen LogP contribution in [-0.4, -0.2) is 41.6 Å². The zero-order valence-corrected chi connectivity index (χ0v) is 13.1. The topological polar surface area (TPSA) is 78.9 Å². The summed E-state index contributed by atoms with van der Waals surface area (Å²) in [6, 6.07) is 14.1. The number of hydrogen-bond acceptors (Lipinski definition) is 4. The summed E-state index contributed by atoms with van der Waals surface area (Å²) in [5.74, 6) is 0.0975. The normalized spacial score (nSPS) is 14.0. The number of hydroxylamine groups is 1. The van der Waals surface area contributed by atoms with Crippen LogP contribution < -0.4 is 10.2 Å². The molecule has 0 radical (unpaired) electrons. The first-order valence-corrected chi connectivity index (χ1v) is 7.73. The molecule has 0 aromatic heterocycles. The van der Waals surface area contributed by atoms with E-state index in [0.717, 1.165) is 5.56 Å². The van der Waals surface area contributed by atoms with E-state index in [4.69, 9.17) is 9.94 Å². The number of carbonyl (C=O) groups is 2. The quantitative estimate of drug-likeness (QED) is 0.652. The molecule has 2 N–H and O–H groups in total. The number of ether oxygens (including phenoxy) is 1. The fraction of sp³-hybridized carbons (Fsp3) is 0.222. The van der Waals surface area contributed by atoms with Gasteiger partial charge in [-0.25, -0.2) is 5.48 Å². The molecule has 0 aliphatic carbocycles. The highest BCUT2D eigenvalue weighted by molar-refractivity contribution is 5.94. The average molecular weight is 326 g/mol. The number of nitrogens with zero attached hydrogens (tertiary/aromatic N) is 1. The van der Waals surface area contributed by atoms with E-state index in [1.807, 2.05) is 18.2 Å². The van der Waals surface area contributed by atoms with Crippen molar-refractivity contribution in [2.75, 3.05) is 19.7 Å². The molecule has 0 spiro atoms. The monoisotopic (exact) mass is 326 g/mol. The van der Waals surface area contributed by atoms with Gasteiger partial charge in [0.15, 0.2) is 0 Å². The lowest BCUT2D eigenvalue weighted by Gasteiger charge is -2.26. The smallest absolute Gasteiger partial charge is 0.274 e. The molecule has 0 saturated carbocycles. The predicted molar refractivity (Wildman–Crippen MR) is 87.2 cm³/mol. The van der Waals surface area contributed by atoms with E-state index in [1.54, 1.807) is 40.7 Å². The van der Waals surface area contributed by atoms with E-state index in [0.29, 0.717) is 43.0 Å². The van der Waals surface area contributed by atoms with E-state index < -0.39 is 5.91 Å². The van der Waals surface area contributed by atoms with Gasteiger partial charge in [-0.1, -0.05) is 18.2 Å². The highest BCUT2D eigenvalue weighted by atomic mass is 16.5. The number of benzene rings is 2. The Labute approximate surface area is 139 Å². The van der Waals surface area contributed by atoms with Crippen LogP contribution in [0.5, 0.6) is 5.75 Å². The zero-order valence-electron chi connectivity index (χ0n) is 13.1. The molecule has 0 saturated heterocycles. The summed E-state index contributed by atoms with van der Waals surface area (Å²) in [6.45, 7) is 1.43. The molecule has 0 fully saturated rings. The van der Waals surface area contributed by atoms with Crippen LogP contribution in [-0.2, 0) is 6.42 Å². The van der Waals surface area contributed by atoms with Crippen molar-refractivity contribution >= 4 is 11.8 Å². The van der Waals surface area contributed by atoms with Crippen LogP contribution in [0.4, 0.5) is 0 Å². The number of hydrogen-bond donors (Lipinski definition) is 2. The van der Waals surface area contributed by atoms with E-state index in [1.165, 1.54) is 0 Å². The molecule has 2 amide bonds. The van der Waals surface area contributed by atoms with E-state index in [2.05, 4.69) is 0 Å². The molecule has 0 bridgehead atoms. The number of rotatable bonds is 2. The first-order chi connectivity index (χ1) is 11.7. The van der Waals surface area contributed by atoms with E-state index in [9.17, 15) is 9.59 Å². The lowest BCUT2D eigenvalue weighted by Crippen LogP contribution is -2.37. The summed E-state index contributed by atoms with van der Waals surface area (Å²) < 4.78 is 5.73. The van der Waals surface area contributed by atoms with Crippen LogP contribution in [0.15, 0.2) is 48.5 Å². The summed E-state index contributed by atoms with van der Waals surface area (Å²) in [5, 5.41) is 8.75. The minimum atomic E-state index is -0.572. The molecule has 1 aliphatic heterocycles. The SMILES string of the molecule is O=C(NO)c1ccc2c(c1)CCN(C(=O)c1ccccc1)CCO2. The van der Waals surface area contributed by atoms with Gasteiger partial charge < -0.3 is 9.64 Å². The first kappa shape index (κ1) is 16.0. The van der Waals surface area contributed by atoms with Gasteiger partial charge in [0, 0.05) is 17.7 Å². The second kappa shape index (κ2) is 7.14. The van der Waals surface area contributed by atoms with Gasteiger partial charge in [-0.05, 0) is 42.3 Å². The molecule has 6 nitrogen and oxygen atoms in total. The molecule has 6 heteroatoms. The standard InChI is InChI=1S/C18H18N2O4/c21-17(19-23)15-6-7-16-14(12-15)8-9-20(10-11-24-16)18(22)13-4-2-1-3-5-13/h1-7,12,23H,8-11H2,(H,19,21). The fourth-order valence-corrected chi connectivity index (χ4v) is 2.72. The summed E-state index contributed by atoms with van der Waals surface area (Å²) in [6.07, 6.45) is 0.570. The Morgan fingerprint density at radius 2 is 1.83 bits per heavy atom. The van der Waals surface area contributed by atoms with Crippen molar-refractivity contribution in [3.8, 4) is 5.75 Å². The Hall–Kier alpha value is -2.86.